The minimum Gasteiger partial charge on any atom is -0.337 e. The molecular formula is C18H26N4O3S. The molecule has 0 unspecified atom stereocenters. The van der Waals surface area contributed by atoms with Gasteiger partial charge in [-0.15, -0.1) is 0 Å². The summed E-state index contributed by atoms with van der Waals surface area (Å²) in [4.78, 5) is 18.8. The number of hydrogen-bond donors (Lipinski definition) is 0. The fraction of sp³-hybridized carbons (Fsp3) is 0.444. The molecule has 1 amide bonds. The average molecular weight is 378 g/mol. The first-order valence-corrected chi connectivity index (χ1v) is 9.98. The largest absolute Gasteiger partial charge is 0.337 e. The molecule has 2 rings (SSSR count). The van der Waals surface area contributed by atoms with E-state index >= 15 is 0 Å². The van der Waals surface area contributed by atoms with Crippen molar-refractivity contribution in [2.24, 2.45) is 7.05 Å². The zero-order chi connectivity index (χ0) is 19.5. The van der Waals surface area contributed by atoms with Gasteiger partial charge in [0.2, 0.25) is 10.0 Å². The van der Waals surface area contributed by atoms with Gasteiger partial charge in [-0.1, -0.05) is 19.9 Å². The summed E-state index contributed by atoms with van der Waals surface area (Å²) in [5.41, 5.74) is 1.12. The van der Waals surface area contributed by atoms with Crippen molar-refractivity contribution in [1.29, 1.82) is 0 Å². The van der Waals surface area contributed by atoms with Crippen LogP contribution in [0.25, 0.3) is 0 Å². The minimum absolute atomic E-state index is 0.139. The molecule has 0 saturated carbocycles. The van der Waals surface area contributed by atoms with Gasteiger partial charge in [0.1, 0.15) is 5.82 Å². The van der Waals surface area contributed by atoms with Crippen LogP contribution in [-0.4, -0.2) is 53.2 Å². The normalized spacial score (nSPS) is 11.8. The predicted octanol–water partition coefficient (Wildman–Crippen LogP) is 2.03. The molecule has 0 aliphatic heterocycles. The summed E-state index contributed by atoms with van der Waals surface area (Å²) >= 11 is 0. The Morgan fingerprint density at radius 1 is 1.23 bits per heavy atom. The fourth-order valence-electron chi connectivity index (χ4n) is 2.74. The number of benzene rings is 1. The zero-order valence-corrected chi connectivity index (χ0v) is 16.7. The number of rotatable bonds is 7. The summed E-state index contributed by atoms with van der Waals surface area (Å²) in [5, 5.41) is 0. The Hall–Kier alpha value is -2.19. The molecule has 0 bridgehead atoms. The highest BCUT2D eigenvalue weighted by Crippen LogP contribution is 2.21. The van der Waals surface area contributed by atoms with Crippen LogP contribution in [0.5, 0.6) is 0 Å². The molecule has 1 aromatic carbocycles. The summed E-state index contributed by atoms with van der Waals surface area (Å²) in [6.45, 7) is 6.50. The molecule has 0 atom stereocenters. The van der Waals surface area contributed by atoms with Gasteiger partial charge in [-0.05, 0) is 24.6 Å². The molecule has 0 fully saturated rings. The lowest BCUT2D eigenvalue weighted by atomic mass is 10.1. The molecule has 2 aromatic rings. The maximum Gasteiger partial charge on any atom is 0.254 e. The van der Waals surface area contributed by atoms with E-state index in [4.69, 9.17) is 0 Å². The van der Waals surface area contributed by atoms with Gasteiger partial charge in [0.15, 0.2) is 0 Å². The molecule has 1 aromatic heterocycles. The van der Waals surface area contributed by atoms with Crippen LogP contribution in [-0.2, 0) is 23.6 Å². The van der Waals surface area contributed by atoms with Crippen LogP contribution in [0.2, 0.25) is 0 Å². The van der Waals surface area contributed by atoms with Crippen LogP contribution in [0, 0.1) is 6.92 Å². The predicted molar refractivity (Wildman–Crippen MR) is 100 cm³/mol. The second-order valence-corrected chi connectivity index (χ2v) is 8.12. The molecule has 1 heterocycles. The quantitative estimate of drug-likeness (QED) is 0.739. The van der Waals surface area contributed by atoms with Crippen molar-refractivity contribution in [2.75, 3.05) is 20.1 Å². The van der Waals surface area contributed by atoms with Gasteiger partial charge in [-0.25, -0.2) is 13.4 Å². The number of amides is 1. The Morgan fingerprint density at radius 2 is 1.88 bits per heavy atom. The minimum atomic E-state index is -3.61. The van der Waals surface area contributed by atoms with Gasteiger partial charge >= 0.3 is 0 Å². The zero-order valence-electron chi connectivity index (χ0n) is 15.9. The first kappa shape index (κ1) is 20.1. The van der Waals surface area contributed by atoms with Gasteiger partial charge in [0.25, 0.3) is 5.91 Å². The van der Waals surface area contributed by atoms with Crippen LogP contribution < -0.4 is 0 Å². The number of nitrogens with zero attached hydrogens (tertiary/aromatic N) is 4. The van der Waals surface area contributed by atoms with E-state index in [-0.39, 0.29) is 10.8 Å². The number of carbonyl (C=O) groups is 1. The molecule has 0 spiro atoms. The molecule has 0 aliphatic carbocycles. The van der Waals surface area contributed by atoms with E-state index in [1.54, 1.807) is 51.0 Å². The van der Waals surface area contributed by atoms with E-state index < -0.39 is 10.0 Å². The summed E-state index contributed by atoms with van der Waals surface area (Å²) in [6, 6.07) is 4.71. The molecular weight excluding hydrogens is 352 g/mol. The van der Waals surface area contributed by atoms with Crippen molar-refractivity contribution >= 4 is 15.9 Å². The first-order chi connectivity index (χ1) is 12.2. The highest BCUT2D eigenvalue weighted by atomic mass is 32.2. The van der Waals surface area contributed by atoms with Crippen LogP contribution in [0.1, 0.15) is 35.6 Å². The average Bonchev–Trinajstić information content (AvgIpc) is 3.00. The van der Waals surface area contributed by atoms with Crippen molar-refractivity contribution < 1.29 is 13.2 Å². The summed E-state index contributed by atoms with van der Waals surface area (Å²) in [6.07, 6.45) is 3.49. The van der Waals surface area contributed by atoms with Crippen LogP contribution in [0.4, 0.5) is 0 Å². The molecule has 7 nitrogen and oxygen atoms in total. The van der Waals surface area contributed by atoms with Crippen molar-refractivity contribution in [3.05, 3.63) is 47.5 Å². The number of sulfonamides is 1. The van der Waals surface area contributed by atoms with E-state index in [0.29, 0.717) is 25.2 Å². The summed E-state index contributed by atoms with van der Waals surface area (Å²) in [7, 11) is -0.0634. The van der Waals surface area contributed by atoms with Crippen molar-refractivity contribution in [3.8, 4) is 0 Å². The molecule has 0 N–H and O–H groups in total. The van der Waals surface area contributed by atoms with Gasteiger partial charge in [0.05, 0.1) is 11.4 Å². The Kier molecular flexibility index (Phi) is 6.20. The number of imidazole rings is 1. The fourth-order valence-corrected chi connectivity index (χ4v) is 4.23. The van der Waals surface area contributed by atoms with Crippen LogP contribution >= 0.6 is 0 Å². The van der Waals surface area contributed by atoms with Crippen molar-refractivity contribution in [2.45, 2.75) is 32.2 Å². The van der Waals surface area contributed by atoms with Crippen LogP contribution in [0.15, 0.2) is 35.5 Å². The molecule has 0 saturated heterocycles. The molecule has 8 heteroatoms. The third-order valence-corrected chi connectivity index (χ3v) is 6.47. The lowest BCUT2D eigenvalue weighted by Gasteiger charge is -2.21. The van der Waals surface area contributed by atoms with Gasteiger partial charge in [-0.3, -0.25) is 4.79 Å². The van der Waals surface area contributed by atoms with Gasteiger partial charge < -0.3 is 9.47 Å². The van der Waals surface area contributed by atoms with Gasteiger partial charge in [-0.2, -0.15) is 4.31 Å². The summed E-state index contributed by atoms with van der Waals surface area (Å²) in [5.74, 6) is 0.521. The monoisotopic (exact) mass is 378 g/mol. The second kappa shape index (κ2) is 8.01. The van der Waals surface area contributed by atoms with E-state index in [2.05, 4.69) is 4.98 Å². The number of carbonyl (C=O) groups excluding carboxylic acids is 1. The third kappa shape index (κ3) is 3.96. The Balaban J connectivity index is 2.34. The van der Waals surface area contributed by atoms with Gasteiger partial charge in [0, 0.05) is 45.1 Å². The highest BCUT2D eigenvalue weighted by molar-refractivity contribution is 7.89. The third-order valence-electron chi connectivity index (χ3n) is 4.43. The number of aryl methyl sites for hydroxylation is 2. The standard InChI is InChI=1S/C18H26N4O3S/c1-6-22(7-2)26(24,25)15-9-8-14(3)16(12-15)18(23)21(5)13-17-19-10-11-20(17)4/h8-12H,6-7,13H2,1-5H3. The maximum atomic E-state index is 12.9. The molecule has 0 aliphatic rings. The van der Waals surface area contributed by atoms with Crippen molar-refractivity contribution in [3.63, 3.8) is 0 Å². The smallest absolute Gasteiger partial charge is 0.254 e. The van der Waals surface area contributed by atoms with Crippen molar-refractivity contribution in [1.82, 2.24) is 18.8 Å². The van der Waals surface area contributed by atoms with E-state index in [1.807, 2.05) is 17.8 Å². The lowest BCUT2D eigenvalue weighted by Crippen LogP contribution is -2.31. The SMILES string of the molecule is CCN(CC)S(=O)(=O)c1ccc(C)c(C(=O)N(C)Cc2nccn2C)c1. The second-order valence-electron chi connectivity index (χ2n) is 6.18. The topological polar surface area (TPSA) is 75.5 Å². The van der Waals surface area contributed by atoms with Crippen LogP contribution in [0.3, 0.4) is 0 Å². The highest BCUT2D eigenvalue weighted by Gasteiger charge is 2.24. The van der Waals surface area contributed by atoms with E-state index in [0.717, 1.165) is 11.4 Å². The first-order valence-electron chi connectivity index (χ1n) is 8.54. The molecule has 0 radical (unpaired) electrons. The molecule has 26 heavy (non-hydrogen) atoms. The Labute approximate surface area is 155 Å². The van der Waals surface area contributed by atoms with E-state index in [1.165, 1.54) is 10.4 Å². The summed E-state index contributed by atoms with van der Waals surface area (Å²) < 4.78 is 28.7. The maximum absolute atomic E-state index is 12.9. The lowest BCUT2D eigenvalue weighted by molar-refractivity contribution is 0.0779. The molecule has 142 valence electrons. The van der Waals surface area contributed by atoms with E-state index in [9.17, 15) is 13.2 Å². The Bertz CT molecular complexity index is 886. The Morgan fingerprint density at radius 3 is 2.42 bits per heavy atom. The number of aromatic nitrogens is 2. The number of hydrogen-bond acceptors (Lipinski definition) is 4.